The Morgan fingerprint density at radius 1 is 1.53 bits per heavy atom. The van der Waals surface area contributed by atoms with Gasteiger partial charge in [0.25, 0.3) is 0 Å². The van der Waals surface area contributed by atoms with Gasteiger partial charge in [-0.2, -0.15) is 0 Å². The molecule has 0 aliphatic heterocycles. The highest BCUT2D eigenvalue weighted by atomic mass is 35.5. The lowest BCUT2D eigenvalue weighted by Gasteiger charge is -2.19. The number of esters is 1. The van der Waals surface area contributed by atoms with E-state index >= 15 is 0 Å². The number of hydrogen-bond acceptors (Lipinski definition) is 4. The molecule has 0 saturated carbocycles. The first-order valence-corrected chi connectivity index (χ1v) is 6.02. The van der Waals surface area contributed by atoms with Gasteiger partial charge in [0, 0.05) is 18.3 Å². The maximum absolute atomic E-state index is 11.4. The zero-order chi connectivity index (χ0) is 12.7. The van der Waals surface area contributed by atoms with Crippen LogP contribution < -0.4 is 0 Å². The molecule has 0 N–H and O–H groups in total. The summed E-state index contributed by atoms with van der Waals surface area (Å²) in [6.45, 7) is 5.82. The van der Waals surface area contributed by atoms with Crippen LogP contribution in [-0.2, 0) is 16.1 Å². The van der Waals surface area contributed by atoms with Crippen LogP contribution in [0.1, 0.15) is 19.4 Å². The highest BCUT2D eigenvalue weighted by Gasteiger charge is 2.12. The number of carbonyl (C=O) groups excluding carboxylic acids is 1. The highest BCUT2D eigenvalue weighted by Crippen LogP contribution is 2.13. The molecule has 94 valence electrons. The summed E-state index contributed by atoms with van der Waals surface area (Å²) in [5.41, 5.74) is 0.917. The minimum absolute atomic E-state index is 0.214. The fourth-order valence-corrected chi connectivity index (χ4v) is 1.63. The van der Waals surface area contributed by atoms with E-state index in [1.165, 1.54) is 0 Å². The number of hydrogen-bond donors (Lipinski definition) is 0. The Balaban J connectivity index is 2.58. The Kier molecular flexibility index (Phi) is 5.94. The summed E-state index contributed by atoms with van der Waals surface area (Å²) in [5, 5.41) is 0.481. The summed E-state index contributed by atoms with van der Waals surface area (Å²) in [7, 11) is 0. The third kappa shape index (κ3) is 4.71. The van der Waals surface area contributed by atoms with Gasteiger partial charge < -0.3 is 4.74 Å². The molecule has 0 amide bonds. The van der Waals surface area contributed by atoms with Crippen LogP contribution in [0.25, 0.3) is 0 Å². The first kappa shape index (κ1) is 13.9. The average Bonchev–Trinajstić information content (AvgIpc) is 2.31. The van der Waals surface area contributed by atoms with Gasteiger partial charge in [-0.1, -0.05) is 24.6 Å². The molecule has 5 heteroatoms. The minimum atomic E-state index is -0.214. The third-order valence-corrected chi connectivity index (χ3v) is 2.68. The summed E-state index contributed by atoms with van der Waals surface area (Å²) in [6.07, 6.45) is 1.65. The molecular weight excluding hydrogens is 240 g/mol. The summed E-state index contributed by atoms with van der Waals surface area (Å²) in [6, 6.07) is 3.74. The van der Waals surface area contributed by atoms with Crippen molar-refractivity contribution < 1.29 is 9.53 Å². The van der Waals surface area contributed by atoms with Gasteiger partial charge in [-0.15, -0.1) is 0 Å². The summed E-state index contributed by atoms with van der Waals surface area (Å²) < 4.78 is 4.91. The number of likely N-dealkylation sites (N-methyl/N-ethyl adjacent to an activating group) is 1. The van der Waals surface area contributed by atoms with Crippen molar-refractivity contribution in [1.82, 2.24) is 9.88 Å². The Morgan fingerprint density at radius 2 is 2.29 bits per heavy atom. The van der Waals surface area contributed by atoms with Crippen molar-refractivity contribution in [3.63, 3.8) is 0 Å². The van der Waals surface area contributed by atoms with E-state index in [0.29, 0.717) is 18.3 Å². The molecule has 0 atom stereocenters. The zero-order valence-corrected chi connectivity index (χ0v) is 10.9. The molecule has 0 saturated heterocycles. The second-order valence-electron chi connectivity index (χ2n) is 3.56. The molecule has 1 aromatic heterocycles. The Morgan fingerprint density at radius 3 is 2.88 bits per heavy atom. The molecular formula is C12H17ClN2O2. The number of pyridine rings is 1. The van der Waals surface area contributed by atoms with E-state index in [0.717, 1.165) is 12.1 Å². The summed E-state index contributed by atoms with van der Waals surface area (Å²) in [4.78, 5) is 17.3. The number of nitrogens with zero attached hydrogens (tertiary/aromatic N) is 2. The first-order chi connectivity index (χ1) is 8.17. The van der Waals surface area contributed by atoms with E-state index in [9.17, 15) is 4.79 Å². The Labute approximate surface area is 107 Å². The van der Waals surface area contributed by atoms with E-state index in [4.69, 9.17) is 16.3 Å². The molecule has 1 rings (SSSR count). The molecule has 0 aliphatic rings. The molecule has 0 fully saturated rings. The van der Waals surface area contributed by atoms with Crippen molar-refractivity contribution in [2.24, 2.45) is 0 Å². The van der Waals surface area contributed by atoms with Gasteiger partial charge in [-0.25, -0.2) is 4.98 Å². The molecule has 1 aromatic rings. The Hall–Kier alpha value is -1.13. The molecule has 1 heterocycles. The van der Waals surface area contributed by atoms with Crippen molar-refractivity contribution in [2.45, 2.75) is 20.4 Å². The van der Waals surface area contributed by atoms with Gasteiger partial charge >= 0.3 is 5.97 Å². The van der Waals surface area contributed by atoms with Crippen LogP contribution in [0.3, 0.4) is 0 Å². The average molecular weight is 257 g/mol. The first-order valence-electron chi connectivity index (χ1n) is 5.64. The van der Waals surface area contributed by atoms with E-state index in [1.54, 1.807) is 13.1 Å². The third-order valence-electron chi connectivity index (χ3n) is 2.34. The zero-order valence-electron chi connectivity index (χ0n) is 10.1. The van der Waals surface area contributed by atoms with Gasteiger partial charge in [0.15, 0.2) is 0 Å². The van der Waals surface area contributed by atoms with Crippen LogP contribution in [-0.4, -0.2) is 35.5 Å². The predicted molar refractivity (Wildman–Crippen MR) is 66.8 cm³/mol. The smallest absolute Gasteiger partial charge is 0.320 e. The second-order valence-corrected chi connectivity index (χ2v) is 3.92. The quantitative estimate of drug-likeness (QED) is 0.578. The second kappa shape index (κ2) is 7.25. The van der Waals surface area contributed by atoms with Crippen LogP contribution in [0, 0.1) is 0 Å². The lowest BCUT2D eigenvalue weighted by molar-refractivity contribution is -0.144. The van der Waals surface area contributed by atoms with Gasteiger partial charge in [0.1, 0.15) is 5.15 Å². The number of rotatable bonds is 6. The van der Waals surface area contributed by atoms with E-state index in [-0.39, 0.29) is 12.5 Å². The van der Waals surface area contributed by atoms with Gasteiger partial charge in [0.2, 0.25) is 0 Å². The Bertz CT molecular complexity index is 371. The molecule has 0 radical (unpaired) electrons. The number of halogens is 1. The number of aromatic nitrogens is 1. The van der Waals surface area contributed by atoms with Crippen LogP contribution in [0.2, 0.25) is 5.15 Å². The van der Waals surface area contributed by atoms with Crippen molar-refractivity contribution >= 4 is 17.6 Å². The molecule has 4 nitrogen and oxygen atoms in total. The topological polar surface area (TPSA) is 42.4 Å². The standard InChI is InChI=1S/C12H17ClN2O2/c1-3-15(9-11(16)17-4-2)8-10-6-5-7-14-12(10)13/h5-7H,3-4,8-9H2,1-2H3. The van der Waals surface area contributed by atoms with Crippen LogP contribution in [0.5, 0.6) is 0 Å². The molecule has 0 aliphatic carbocycles. The van der Waals surface area contributed by atoms with E-state index in [2.05, 4.69) is 4.98 Å². The highest BCUT2D eigenvalue weighted by molar-refractivity contribution is 6.30. The number of ether oxygens (including phenoxy) is 1. The lowest BCUT2D eigenvalue weighted by Crippen LogP contribution is -2.30. The van der Waals surface area contributed by atoms with Crippen LogP contribution in [0.15, 0.2) is 18.3 Å². The van der Waals surface area contributed by atoms with Gasteiger partial charge in [0.05, 0.1) is 13.2 Å². The maximum Gasteiger partial charge on any atom is 0.320 e. The van der Waals surface area contributed by atoms with E-state index in [1.807, 2.05) is 24.0 Å². The maximum atomic E-state index is 11.4. The predicted octanol–water partition coefficient (Wildman–Crippen LogP) is 2.12. The molecule has 0 aromatic carbocycles. The van der Waals surface area contributed by atoms with E-state index < -0.39 is 0 Å². The molecule has 17 heavy (non-hydrogen) atoms. The number of carbonyl (C=O) groups is 1. The van der Waals surface area contributed by atoms with Crippen LogP contribution in [0.4, 0.5) is 0 Å². The SMILES string of the molecule is CCOC(=O)CN(CC)Cc1cccnc1Cl. The molecule has 0 bridgehead atoms. The summed E-state index contributed by atoms with van der Waals surface area (Å²) >= 11 is 5.97. The fourth-order valence-electron chi connectivity index (χ4n) is 1.45. The van der Waals surface area contributed by atoms with Crippen molar-refractivity contribution in [2.75, 3.05) is 19.7 Å². The lowest BCUT2D eigenvalue weighted by atomic mass is 10.2. The van der Waals surface area contributed by atoms with Crippen molar-refractivity contribution in [3.8, 4) is 0 Å². The van der Waals surface area contributed by atoms with Gasteiger partial charge in [-0.05, 0) is 19.5 Å². The normalized spacial score (nSPS) is 10.6. The van der Waals surface area contributed by atoms with Crippen LogP contribution >= 0.6 is 11.6 Å². The van der Waals surface area contributed by atoms with Crippen molar-refractivity contribution in [3.05, 3.63) is 29.0 Å². The monoisotopic (exact) mass is 256 g/mol. The van der Waals surface area contributed by atoms with Gasteiger partial charge in [-0.3, -0.25) is 9.69 Å². The largest absolute Gasteiger partial charge is 0.465 e. The molecule has 0 spiro atoms. The summed E-state index contributed by atoms with van der Waals surface area (Å²) in [5.74, 6) is -0.214. The van der Waals surface area contributed by atoms with Crippen molar-refractivity contribution in [1.29, 1.82) is 0 Å². The molecule has 0 unspecified atom stereocenters. The fraction of sp³-hybridized carbons (Fsp3) is 0.500. The minimum Gasteiger partial charge on any atom is -0.465 e.